The van der Waals surface area contributed by atoms with Crippen molar-refractivity contribution in [2.45, 2.75) is 32.4 Å². The summed E-state index contributed by atoms with van der Waals surface area (Å²) in [7, 11) is 1.96. The van der Waals surface area contributed by atoms with Crippen LogP contribution >= 0.6 is 0 Å². The number of carbonyl (C=O) groups is 1. The fourth-order valence-corrected chi connectivity index (χ4v) is 3.06. The Morgan fingerprint density at radius 3 is 2.73 bits per heavy atom. The van der Waals surface area contributed by atoms with E-state index in [1.807, 2.05) is 42.8 Å². The van der Waals surface area contributed by atoms with Crippen LogP contribution in [0.5, 0.6) is 0 Å². The number of benzene rings is 1. The Hall–Kier alpha value is -2.21. The van der Waals surface area contributed by atoms with Gasteiger partial charge in [0.25, 0.3) is 0 Å². The van der Waals surface area contributed by atoms with Gasteiger partial charge in [-0.2, -0.15) is 0 Å². The lowest BCUT2D eigenvalue weighted by atomic mass is 9.90. The van der Waals surface area contributed by atoms with E-state index < -0.39 is 11.9 Å². The zero-order valence-corrected chi connectivity index (χ0v) is 12.9. The van der Waals surface area contributed by atoms with Crippen LogP contribution in [-0.2, 0) is 31.4 Å². The van der Waals surface area contributed by atoms with Crippen molar-refractivity contribution in [1.82, 2.24) is 19.7 Å². The molecule has 3 rings (SSSR count). The lowest BCUT2D eigenvalue weighted by Gasteiger charge is -2.32. The van der Waals surface area contributed by atoms with Crippen LogP contribution in [0, 0.1) is 0 Å². The molecule has 2 aromatic rings. The SMILES string of the molecule is CCc1nnc(CN2Cc3ccccc3C(C(=O)O)C2)n1C. The van der Waals surface area contributed by atoms with Crippen LogP contribution in [-0.4, -0.2) is 37.3 Å². The average Bonchev–Trinajstić information content (AvgIpc) is 2.86. The fraction of sp³-hybridized carbons (Fsp3) is 0.438. The maximum Gasteiger partial charge on any atom is 0.312 e. The number of aromatic nitrogens is 3. The minimum Gasteiger partial charge on any atom is -0.481 e. The number of nitrogens with zero attached hydrogens (tertiary/aromatic N) is 4. The molecule has 6 nitrogen and oxygen atoms in total. The third kappa shape index (κ3) is 2.62. The number of aliphatic carboxylic acids is 1. The van der Waals surface area contributed by atoms with Crippen LogP contribution in [0.15, 0.2) is 24.3 Å². The standard InChI is InChI=1S/C16H20N4O2/c1-3-14-17-18-15(19(14)2)10-20-8-11-6-4-5-7-12(11)13(9-20)16(21)22/h4-7,13H,3,8-10H2,1-2H3,(H,21,22). The lowest BCUT2D eigenvalue weighted by Crippen LogP contribution is -2.37. The van der Waals surface area contributed by atoms with Gasteiger partial charge in [-0.3, -0.25) is 9.69 Å². The van der Waals surface area contributed by atoms with Gasteiger partial charge in [0, 0.05) is 26.6 Å². The Labute approximate surface area is 129 Å². The van der Waals surface area contributed by atoms with E-state index in [0.29, 0.717) is 13.1 Å². The molecule has 2 heterocycles. The number of fused-ring (bicyclic) bond motifs is 1. The number of hydrogen-bond acceptors (Lipinski definition) is 4. The number of carboxylic acid groups (broad SMARTS) is 1. The van der Waals surface area contributed by atoms with E-state index in [9.17, 15) is 9.90 Å². The second-order valence-corrected chi connectivity index (χ2v) is 5.70. The minimum atomic E-state index is -0.774. The van der Waals surface area contributed by atoms with Crippen molar-refractivity contribution < 1.29 is 9.90 Å². The zero-order valence-electron chi connectivity index (χ0n) is 12.9. The third-order valence-electron chi connectivity index (χ3n) is 4.30. The molecule has 1 aliphatic rings. The first-order valence-corrected chi connectivity index (χ1v) is 7.50. The zero-order chi connectivity index (χ0) is 15.7. The van der Waals surface area contributed by atoms with Gasteiger partial charge in [-0.15, -0.1) is 10.2 Å². The quantitative estimate of drug-likeness (QED) is 0.928. The summed E-state index contributed by atoms with van der Waals surface area (Å²) in [6.45, 7) is 3.90. The van der Waals surface area contributed by atoms with E-state index >= 15 is 0 Å². The summed E-state index contributed by atoms with van der Waals surface area (Å²) < 4.78 is 2.00. The highest BCUT2D eigenvalue weighted by atomic mass is 16.4. The van der Waals surface area contributed by atoms with Gasteiger partial charge in [0.1, 0.15) is 11.6 Å². The van der Waals surface area contributed by atoms with E-state index in [4.69, 9.17) is 0 Å². The van der Waals surface area contributed by atoms with Crippen molar-refractivity contribution in [1.29, 1.82) is 0 Å². The molecule has 0 radical (unpaired) electrons. The molecule has 0 spiro atoms. The molecule has 22 heavy (non-hydrogen) atoms. The molecule has 0 aliphatic carbocycles. The topological polar surface area (TPSA) is 71.2 Å². The third-order valence-corrected chi connectivity index (χ3v) is 4.30. The second-order valence-electron chi connectivity index (χ2n) is 5.70. The van der Waals surface area contributed by atoms with E-state index in [-0.39, 0.29) is 0 Å². The van der Waals surface area contributed by atoms with Crippen LogP contribution in [0.2, 0.25) is 0 Å². The van der Waals surface area contributed by atoms with E-state index in [0.717, 1.165) is 35.7 Å². The van der Waals surface area contributed by atoms with Crippen molar-refractivity contribution in [3.63, 3.8) is 0 Å². The van der Waals surface area contributed by atoms with Gasteiger partial charge in [-0.1, -0.05) is 31.2 Å². The van der Waals surface area contributed by atoms with E-state index in [1.165, 1.54) is 0 Å². The largest absolute Gasteiger partial charge is 0.481 e. The first-order chi connectivity index (χ1) is 10.6. The Balaban J connectivity index is 1.84. The van der Waals surface area contributed by atoms with Crippen LogP contribution in [0.3, 0.4) is 0 Å². The molecule has 0 saturated carbocycles. The van der Waals surface area contributed by atoms with Gasteiger partial charge in [0.15, 0.2) is 0 Å². The van der Waals surface area contributed by atoms with Crippen molar-refractivity contribution in [3.8, 4) is 0 Å². The average molecular weight is 300 g/mol. The predicted molar refractivity (Wildman–Crippen MR) is 81.3 cm³/mol. The fourth-order valence-electron chi connectivity index (χ4n) is 3.06. The summed E-state index contributed by atoms with van der Waals surface area (Å²) in [5.74, 6) is 0.566. The maximum atomic E-state index is 11.6. The van der Waals surface area contributed by atoms with Crippen LogP contribution in [0.4, 0.5) is 0 Å². The van der Waals surface area contributed by atoms with Crippen LogP contribution in [0.25, 0.3) is 0 Å². The summed E-state index contributed by atoms with van der Waals surface area (Å²) in [5.41, 5.74) is 2.01. The Bertz CT molecular complexity index is 695. The highest BCUT2D eigenvalue weighted by molar-refractivity contribution is 5.77. The molecule has 1 unspecified atom stereocenters. The van der Waals surface area contributed by atoms with Gasteiger partial charge >= 0.3 is 5.97 Å². The highest BCUT2D eigenvalue weighted by Crippen LogP contribution is 2.29. The number of rotatable bonds is 4. The van der Waals surface area contributed by atoms with Gasteiger partial charge < -0.3 is 9.67 Å². The summed E-state index contributed by atoms with van der Waals surface area (Å²) in [6, 6.07) is 7.79. The highest BCUT2D eigenvalue weighted by Gasteiger charge is 2.30. The van der Waals surface area contributed by atoms with Gasteiger partial charge in [-0.05, 0) is 11.1 Å². The predicted octanol–water partition coefficient (Wildman–Crippen LogP) is 1.56. The molecule has 0 amide bonds. The molecule has 1 N–H and O–H groups in total. The molecule has 6 heteroatoms. The molecule has 116 valence electrons. The first kappa shape index (κ1) is 14.7. The molecule has 0 bridgehead atoms. The molecule has 0 saturated heterocycles. The second kappa shape index (κ2) is 5.88. The summed E-state index contributed by atoms with van der Waals surface area (Å²) in [5, 5.41) is 17.9. The Morgan fingerprint density at radius 2 is 2.05 bits per heavy atom. The molecule has 1 atom stereocenters. The Morgan fingerprint density at radius 1 is 1.32 bits per heavy atom. The summed E-state index contributed by atoms with van der Waals surface area (Å²) in [6.07, 6.45) is 0.837. The van der Waals surface area contributed by atoms with Crippen molar-refractivity contribution in [2.75, 3.05) is 6.54 Å². The number of hydrogen-bond donors (Lipinski definition) is 1. The van der Waals surface area contributed by atoms with Gasteiger partial charge in [0.05, 0.1) is 12.5 Å². The molecule has 1 aromatic heterocycles. The summed E-state index contributed by atoms with van der Waals surface area (Å²) in [4.78, 5) is 13.7. The van der Waals surface area contributed by atoms with Crippen molar-refractivity contribution >= 4 is 5.97 Å². The van der Waals surface area contributed by atoms with Crippen LogP contribution < -0.4 is 0 Å². The van der Waals surface area contributed by atoms with Gasteiger partial charge in [0.2, 0.25) is 0 Å². The van der Waals surface area contributed by atoms with E-state index in [2.05, 4.69) is 15.1 Å². The van der Waals surface area contributed by atoms with Crippen LogP contribution in [0.1, 0.15) is 35.6 Å². The summed E-state index contributed by atoms with van der Waals surface area (Å²) >= 11 is 0. The normalized spacial score (nSPS) is 18.2. The Kier molecular flexibility index (Phi) is 3.94. The van der Waals surface area contributed by atoms with E-state index in [1.54, 1.807) is 0 Å². The molecule has 1 aliphatic heterocycles. The molecule has 0 fully saturated rings. The monoisotopic (exact) mass is 300 g/mol. The number of aryl methyl sites for hydroxylation is 1. The molecular formula is C16H20N4O2. The molecular weight excluding hydrogens is 280 g/mol. The maximum absolute atomic E-state index is 11.6. The van der Waals surface area contributed by atoms with Gasteiger partial charge in [-0.25, -0.2) is 0 Å². The van der Waals surface area contributed by atoms with Crippen molar-refractivity contribution in [3.05, 3.63) is 47.0 Å². The number of carboxylic acids is 1. The first-order valence-electron chi connectivity index (χ1n) is 7.50. The van der Waals surface area contributed by atoms with Crippen molar-refractivity contribution in [2.24, 2.45) is 7.05 Å². The minimum absolute atomic E-state index is 0.483. The smallest absolute Gasteiger partial charge is 0.312 e. The lowest BCUT2D eigenvalue weighted by molar-refractivity contribution is -0.139. The molecule has 1 aromatic carbocycles.